The third-order valence-electron chi connectivity index (χ3n) is 4.43. The Morgan fingerprint density at radius 3 is 2.31 bits per heavy atom. The Morgan fingerprint density at radius 2 is 1.76 bits per heavy atom. The van der Waals surface area contributed by atoms with Crippen molar-refractivity contribution in [3.05, 3.63) is 58.7 Å². The van der Waals surface area contributed by atoms with Gasteiger partial charge in [0.05, 0.1) is 22.4 Å². The fourth-order valence-corrected chi connectivity index (χ4v) is 3.34. The number of primary amides is 1. The minimum Gasteiger partial charge on any atom is -0.494 e. The normalized spacial score (nSPS) is 12.4. The smallest absolute Gasteiger partial charge is 0.416 e. The average Bonchev–Trinajstić information content (AvgIpc) is 2.89. The van der Waals surface area contributed by atoms with Crippen LogP contribution in [-0.2, 0) is 6.18 Å². The van der Waals surface area contributed by atoms with Gasteiger partial charge in [0.2, 0.25) is 5.88 Å². The van der Waals surface area contributed by atoms with Crippen molar-refractivity contribution < 1.29 is 23.1 Å². The summed E-state index contributed by atoms with van der Waals surface area (Å²) in [6.45, 7) is 5.21. The average molecular weight is 404 g/mol. The number of rotatable bonds is 3. The molecule has 4 N–H and O–H groups in total. The van der Waals surface area contributed by atoms with Crippen LogP contribution in [0.25, 0.3) is 16.6 Å². The quantitative estimate of drug-likeness (QED) is 0.447. The number of urea groups is 1. The van der Waals surface area contributed by atoms with Gasteiger partial charge in [0.25, 0.3) is 0 Å². The minimum atomic E-state index is -4.54. The summed E-state index contributed by atoms with van der Waals surface area (Å²) in [5.41, 5.74) is 9.06. The van der Waals surface area contributed by atoms with Gasteiger partial charge in [0.1, 0.15) is 0 Å². The molecule has 2 aromatic carbocycles. The van der Waals surface area contributed by atoms with Gasteiger partial charge in [-0.1, -0.05) is 12.1 Å². The van der Waals surface area contributed by atoms with E-state index in [-0.39, 0.29) is 22.7 Å². The molecule has 6 nitrogen and oxygen atoms in total. The number of hydrogen-bond acceptors (Lipinski definition) is 3. The standard InChI is InChI=1S/C20H19F3N4O2/c1-10-6-11(2)8-14(7-10)27-16-9-13(20(21,22)23)4-5-15(16)17(18(27)28)12(3)25-26-19(24)29/h4-9,28H,1-3H3,(H3,24,26,29)/b25-12+. The zero-order valence-electron chi connectivity index (χ0n) is 15.9. The number of nitrogens with zero attached hydrogens (tertiary/aromatic N) is 2. The van der Waals surface area contributed by atoms with Crippen LogP contribution in [0.3, 0.4) is 0 Å². The fraction of sp³-hybridized carbons (Fsp3) is 0.200. The number of fused-ring (bicyclic) bond motifs is 1. The van der Waals surface area contributed by atoms with Crippen LogP contribution in [0, 0.1) is 13.8 Å². The highest BCUT2D eigenvalue weighted by Crippen LogP contribution is 2.39. The summed E-state index contributed by atoms with van der Waals surface area (Å²) in [5.74, 6) is -0.295. The Morgan fingerprint density at radius 1 is 1.14 bits per heavy atom. The Kier molecular flexibility index (Phi) is 5.00. The molecule has 0 saturated heterocycles. The lowest BCUT2D eigenvalue weighted by atomic mass is 10.1. The molecule has 3 aromatic rings. The first-order chi connectivity index (χ1) is 13.5. The van der Waals surface area contributed by atoms with Crippen molar-refractivity contribution in [3.8, 4) is 11.6 Å². The van der Waals surface area contributed by atoms with Crippen molar-refractivity contribution in [2.45, 2.75) is 26.9 Å². The highest BCUT2D eigenvalue weighted by atomic mass is 19.4. The van der Waals surface area contributed by atoms with Gasteiger partial charge in [-0.2, -0.15) is 18.3 Å². The second kappa shape index (κ2) is 7.16. The van der Waals surface area contributed by atoms with E-state index in [9.17, 15) is 23.1 Å². The molecule has 0 atom stereocenters. The third-order valence-corrected chi connectivity index (χ3v) is 4.43. The summed E-state index contributed by atoms with van der Waals surface area (Å²) in [6.07, 6.45) is -4.54. The Hall–Kier alpha value is -3.49. The predicted octanol–water partition coefficient (Wildman–Crippen LogP) is 4.36. The second-order valence-corrected chi connectivity index (χ2v) is 6.78. The molecule has 0 unspecified atom stereocenters. The highest BCUT2D eigenvalue weighted by molar-refractivity contribution is 6.13. The van der Waals surface area contributed by atoms with Crippen LogP contribution in [0.2, 0.25) is 0 Å². The van der Waals surface area contributed by atoms with E-state index in [2.05, 4.69) is 10.5 Å². The van der Waals surface area contributed by atoms with Gasteiger partial charge in [-0.25, -0.2) is 10.2 Å². The van der Waals surface area contributed by atoms with Gasteiger partial charge in [-0.05, 0) is 56.2 Å². The molecule has 2 amide bonds. The molecule has 0 aliphatic carbocycles. The molecule has 0 bridgehead atoms. The van der Waals surface area contributed by atoms with Crippen LogP contribution in [0.1, 0.15) is 29.2 Å². The van der Waals surface area contributed by atoms with E-state index < -0.39 is 17.8 Å². The number of alkyl halides is 3. The molecule has 9 heteroatoms. The van der Waals surface area contributed by atoms with Crippen LogP contribution in [-0.4, -0.2) is 21.4 Å². The van der Waals surface area contributed by atoms with Crippen molar-refractivity contribution in [2.24, 2.45) is 10.8 Å². The van der Waals surface area contributed by atoms with Gasteiger partial charge in [0.15, 0.2) is 0 Å². The maximum Gasteiger partial charge on any atom is 0.416 e. The van der Waals surface area contributed by atoms with Crippen molar-refractivity contribution in [1.82, 2.24) is 9.99 Å². The summed E-state index contributed by atoms with van der Waals surface area (Å²) in [5, 5.41) is 15.1. The lowest BCUT2D eigenvalue weighted by molar-refractivity contribution is -0.137. The minimum absolute atomic E-state index is 0.158. The molecule has 0 aliphatic heterocycles. The molecule has 1 aromatic heterocycles. The lowest BCUT2D eigenvalue weighted by Crippen LogP contribution is -2.25. The van der Waals surface area contributed by atoms with E-state index in [0.717, 1.165) is 23.3 Å². The first-order valence-corrected chi connectivity index (χ1v) is 8.62. The molecule has 0 radical (unpaired) electrons. The van der Waals surface area contributed by atoms with Gasteiger partial charge in [-0.15, -0.1) is 0 Å². The highest BCUT2D eigenvalue weighted by Gasteiger charge is 2.32. The van der Waals surface area contributed by atoms with E-state index in [0.29, 0.717) is 11.1 Å². The van der Waals surface area contributed by atoms with E-state index in [4.69, 9.17) is 5.73 Å². The first-order valence-electron chi connectivity index (χ1n) is 8.62. The summed E-state index contributed by atoms with van der Waals surface area (Å²) in [6, 6.07) is 7.71. The predicted molar refractivity (Wildman–Crippen MR) is 104 cm³/mol. The van der Waals surface area contributed by atoms with Crippen LogP contribution < -0.4 is 11.2 Å². The molecular formula is C20H19F3N4O2. The van der Waals surface area contributed by atoms with Gasteiger partial charge in [-0.3, -0.25) is 4.57 Å². The SMILES string of the molecule is C/C(=N\NC(N)=O)c1c(O)n(-c2cc(C)cc(C)c2)c2cc(C(F)(F)F)ccc12. The molecule has 152 valence electrons. The molecule has 0 spiro atoms. The van der Waals surface area contributed by atoms with E-state index in [1.165, 1.54) is 17.6 Å². The number of hydrazone groups is 1. The number of halogens is 3. The van der Waals surface area contributed by atoms with Crippen molar-refractivity contribution in [3.63, 3.8) is 0 Å². The third kappa shape index (κ3) is 3.89. The first kappa shape index (κ1) is 20.2. The van der Waals surface area contributed by atoms with Crippen LogP contribution >= 0.6 is 0 Å². The topological polar surface area (TPSA) is 92.6 Å². The largest absolute Gasteiger partial charge is 0.494 e. The molecule has 1 heterocycles. The molecule has 0 fully saturated rings. The molecule has 29 heavy (non-hydrogen) atoms. The molecule has 0 saturated carbocycles. The van der Waals surface area contributed by atoms with Crippen molar-refractivity contribution >= 4 is 22.6 Å². The van der Waals surface area contributed by atoms with Gasteiger partial charge < -0.3 is 10.8 Å². The number of carbonyl (C=O) groups is 1. The van der Waals surface area contributed by atoms with Crippen molar-refractivity contribution in [2.75, 3.05) is 0 Å². The van der Waals surface area contributed by atoms with E-state index in [1.807, 2.05) is 19.9 Å². The van der Waals surface area contributed by atoms with Crippen LogP contribution in [0.15, 0.2) is 41.5 Å². The molecule has 3 rings (SSSR count). The number of aromatic hydroxyl groups is 1. The zero-order chi connectivity index (χ0) is 21.5. The van der Waals surface area contributed by atoms with Crippen LogP contribution in [0.5, 0.6) is 5.88 Å². The number of carbonyl (C=O) groups excluding carboxylic acids is 1. The van der Waals surface area contributed by atoms with Crippen LogP contribution in [0.4, 0.5) is 18.0 Å². The lowest BCUT2D eigenvalue weighted by Gasteiger charge is -2.11. The van der Waals surface area contributed by atoms with Gasteiger partial charge >= 0.3 is 12.2 Å². The number of aryl methyl sites for hydroxylation is 2. The van der Waals surface area contributed by atoms with Gasteiger partial charge in [0, 0.05) is 11.1 Å². The number of amides is 2. The maximum atomic E-state index is 13.3. The fourth-order valence-electron chi connectivity index (χ4n) is 3.34. The summed E-state index contributed by atoms with van der Waals surface area (Å²) >= 11 is 0. The number of hydrogen-bond donors (Lipinski definition) is 3. The summed E-state index contributed by atoms with van der Waals surface area (Å²) < 4.78 is 41.2. The summed E-state index contributed by atoms with van der Waals surface area (Å²) in [4.78, 5) is 11.0. The summed E-state index contributed by atoms with van der Waals surface area (Å²) in [7, 11) is 0. The molecular weight excluding hydrogens is 385 g/mol. The zero-order valence-corrected chi connectivity index (χ0v) is 15.9. The number of nitrogens with one attached hydrogen (secondary N) is 1. The Labute approximate surface area is 164 Å². The molecule has 0 aliphatic rings. The van der Waals surface area contributed by atoms with Crippen molar-refractivity contribution in [1.29, 1.82) is 0 Å². The number of benzene rings is 2. The number of aromatic nitrogens is 1. The van der Waals surface area contributed by atoms with E-state index >= 15 is 0 Å². The monoisotopic (exact) mass is 404 g/mol. The maximum absolute atomic E-state index is 13.3. The Balaban J connectivity index is 2.37. The van der Waals surface area contributed by atoms with E-state index in [1.54, 1.807) is 12.1 Å². The Bertz CT molecular complexity index is 1130. The number of nitrogens with two attached hydrogens (primary N) is 1. The second-order valence-electron chi connectivity index (χ2n) is 6.78.